The molecule has 3 atom stereocenters. The predicted molar refractivity (Wildman–Crippen MR) is 109 cm³/mol. The van der Waals surface area contributed by atoms with E-state index in [1.165, 1.54) is 24.5 Å². The van der Waals surface area contributed by atoms with Crippen molar-refractivity contribution >= 4 is 23.9 Å². The minimum atomic E-state index is -1.01. The van der Waals surface area contributed by atoms with Crippen LogP contribution in [0.5, 0.6) is 0 Å². The van der Waals surface area contributed by atoms with Gasteiger partial charge in [-0.05, 0) is 25.8 Å². The highest BCUT2D eigenvalue weighted by molar-refractivity contribution is 6.07. The van der Waals surface area contributed by atoms with Gasteiger partial charge < -0.3 is 19.4 Å². The van der Waals surface area contributed by atoms with Crippen LogP contribution < -0.4 is 0 Å². The van der Waals surface area contributed by atoms with Crippen molar-refractivity contribution in [1.82, 2.24) is 19.6 Å². The Morgan fingerprint density at radius 3 is 2.60 bits per heavy atom. The molecule has 0 aliphatic carbocycles. The number of fused-ring (bicyclic) bond motifs is 3. The molecule has 0 bridgehead atoms. The van der Waals surface area contributed by atoms with Gasteiger partial charge >= 0.3 is 12.0 Å². The summed E-state index contributed by atoms with van der Waals surface area (Å²) in [5, 5.41) is 0. The van der Waals surface area contributed by atoms with Crippen LogP contribution in [-0.2, 0) is 20.7 Å². The normalized spacial score (nSPS) is 23.9. The van der Waals surface area contributed by atoms with Crippen molar-refractivity contribution in [2.45, 2.75) is 38.5 Å². The second kappa shape index (κ2) is 7.47. The maximum Gasteiger partial charge on any atom is 0.329 e. The first-order valence-corrected chi connectivity index (χ1v) is 9.89. The maximum atomic E-state index is 13.3. The number of urea groups is 1. The molecule has 1 saturated heterocycles. The summed E-state index contributed by atoms with van der Waals surface area (Å²) in [6.07, 6.45) is 2.07. The van der Waals surface area contributed by atoms with Crippen molar-refractivity contribution in [2.75, 3.05) is 20.7 Å². The third kappa shape index (κ3) is 3.01. The number of hydrogen-bond donors (Lipinski definition) is 0. The number of ether oxygens (including phenoxy) is 1. The molecule has 3 unspecified atom stereocenters. The number of carbonyl (C=O) groups is 3. The summed E-state index contributed by atoms with van der Waals surface area (Å²) in [4.78, 5) is 49.1. The van der Waals surface area contributed by atoms with Gasteiger partial charge in [0.25, 0.3) is 5.91 Å². The molecule has 0 aromatic heterocycles. The Kier molecular flexibility index (Phi) is 4.97. The van der Waals surface area contributed by atoms with Gasteiger partial charge in [0.05, 0.1) is 7.11 Å². The van der Waals surface area contributed by atoms with Gasteiger partial charge in [-0.2, -0.15) is 0 Å². The highest BCUT2D eigenvalue weighted by atomic mass is 16.5. The lowest BCUT2D eigenvalue weighted by Gasteiger charge is -2.41. The summed E-state index contributed by atoms with van der Waals surface area (Å²) in [5.74, 6) is -0.437. The number of aliphatic imine (C=N–C) groups is 1. The molecule has 158 valence electrons. The summed E-state index contributed by atoms with van der Waals surface area (Å²) in [7, 11) is 2.83. The number of rotatable bonds is 5. The minimum Gasteiger partial charge on any atom is -0.467 e. The van der Waals surface area contributed by atoms with Crippen LogP contribution >= 0.6 is 0 Å². The van der Waals surface area contributed by atoms with Gasteiger partial charge in [0.15, 0.2) is 12.2 Å². The topological polar surface area (TPSA) is 85.8 Å². The molecule has 30 heavy (non-hydrogen) atoms. The van der Waals surface area contributed by atoms with Crippen LogP contribution in [0.15, 0.2) is 47.2 Å². The predicted octanol–water partition coefficient (Wildman–Crippen LogP) is 1.23. The maximum absolute atomic E-state index is 13.3. The zero-order chi connectivity index (χ0) is 21.6. The van der Waals surface area contributed by atoms with Gasteiger partial charge in [-0.1, -0.05) is 30.3 Å². The lowest BCUT2D eigenvalue weighted by molar-refractivity contribution is -0.153. The fourth-order valence-electron chi connectivity index (χ4n) is 4.16. The zero-order valence-electron chi connectivity index (χ0n) is 17.5. The van der Waals surface area contributed by atoms with Crippen LogP contribution in [0.3, 0.4) is 0 Å². The van der Waals surface area contributed by atoms with Gasteiger partial charge in [0, 0.05) is 25.5 Å². The van der Waals surface area contributed by atoms with E-state index in [1.54, 1.807) is 7.05 Å². The lowest BCUT2D eigenvalue weighted by Crippen LogP contribution is -2.67. The molecule has 9 heteroatoms. The summed E-state index contributed by atoms with van der Waals surface area (Å²) in [6.45, 7) is 4.16. The molecular weight excluding hydrogens is 386 g/mol. The van der Waals surface area contributed by atoms with Crippen LogP contribution in [0.25, 0.3) is 0 Å². The van der Waals surface area contributed by atoms with Crippen LogP contribution in [-0.4, -0.2) is 82.4 Å². The van der Waals surface area contributed by atoms with E-state index >= 15 is 0 Å². The largest absolute Gasteiger partial charge is 0.467 e. The molecular formula is C21H25N5O4. The summed E-state index contributed by atoms with van der Waals surface area (Å²) < 4.78 is 4.74. The molecule has 1 aromatic rings. The van der Waals surface area contributed by atoms with Gasteiger partial charge in [-0.15, -0.1) is 0 Å². The van der Waals surface area contributed by atoms with Crippen LogP contribution in [0.1, 0.15) is 19.4 Å². The smallest absolute Gasteiger partial charge is 0.329 e. The number of amides is 3. The minimum absolute atomic E-state index is 0.450. The van der Waals surface area contributed by atoms with Crippen molar-refractivity contribution in [3.8, 4) is 0 Å². The number of esters is 1. The highest BCUT2D eigenvalue weighted by Crippen LogP contribution is 2.34. The molecule has 0 radical (unpaired) electrons. The van der Waals surface area contributed by atoms with E-state index in [9.17, 15) is 14.4 Å². The number of benzene rings is 1. The summed E-state index contributed by atoms with van der Waals surface area (Å²) in [5.41, 5.74) is 2.18. The first-order valence-electron chi connectivity index (χ1n) is 9.89. The number of hydrogen-bond acceptors (Lipinski definition) is 7. The Morgan fingerprint density at radius 2 is 1.93 bits per heavy atom. The molecule has 3 aliphatic rings. The van der Waals surface area contributed by atoms with Crippen LogP contribution in [0.2, 0.25) is 0 Å². The first-order chi connectivity index (χ1) is 14.3. The highest BCUT2D eigenvalue weighted by Gasteiger charge is 2.55. The number of imide groups is 1. The molecule has 1 fully saturated rings. The van der Waals surface area contributed by atoms with Crippen molar-refractivity contribution in [3.05, 3.63) is 47.8 Å². The quantitative estimate of drug-likeness (QED) is 0.678. The van der Waals surface area contributed by atoms with E-state index in [0.717, 1.165) is 17.0 Å². The van der Waals surface area contributed by atoms with Crippen molar-refractivity contribution in [1.29, 1.82) is 0 Å². The van der Waals surface area contributed by atoms with Gasteiger partial charge in [0.1, 0.15) is 6.04 Å². The van der Waals surface area contributed by atoms with Gasteiger partial charge in [0.2, 0.25) is 5.96 Å². The Morgan fingerprint density at radius 1 is 1.23 bits per heavy atom. The summed E-state index contributed by atoms with van der Waals surface area (Å²) in [6, 6.07) is 7.88. The Bertz CT molecular complexity index is 944. The first kappa shape index (κ1) is 19.9. The molecule has 3 heterocycles. The second-order valence-corrected chi connectivity index (χ2v) is 7.65. The van der Waals surface area contributed by atoms with Crippen LogP contribution in [0, 0.1) is 0 Å². The van der Waals surface area contributed by atoms with E-state index in [2.05, 4.69) is 17.0 Å². The number of carbonyl (C=O) groups excluding carboxylic acids is 3. The number of methoxy groups -OCH3 is 1. The zero-order valence-corrected chi connectivity index (χ0v) is 17.5. The molecule has 0 N–H and O–H groups in total. The van der Waals surface area contributed by atoms with Crippen molar-refractivity contribution in [3.63, 3.8) is 0 Å². The Hall–Kier alpha value is -3.36. The molecule has 0 saturated carbocycles. The molecule has 3 aliphatic heterocycles. The molecule has 1 aromatic carbocycles. The summed E-state index contributed by atoms with van der Waals surface area (Å²) >= 11 is 0. The van der Waals surface area contributed by atoms with E-state index in [0.29, 0.717) is 12.5 Å². The SMILES string of the molecule is COC(=O)C(C)N1C(=O)C2C(N=C3N(CCc4ccccc4)C(C)=CN32)N(C)C1=O. The molecule has 3 amide bonds. The Balaban J connectivity index is 1.58. The third-order valence-corrected chi connectivity index (χ3v) is 5.85. The average molecular weight is 411 g/mol. The standard InChI is InChI=1S/C21H25N5O4/c1-13-12-25-16-17(22-20(25)24(13)11-10-15-8-6-5-7-9-15)23(3)21(29)26(18(16)27)14(2)19(28)30-4/h5-9,12,14,16-17H,10-11H2,1-4H3. The lowest BCUT2D eigenvalue weighted by atomic mass is 10.1. The second-order valence-electron chi connectivity index (χ2n) is 7.65. The molecule has 0 spiro atoms. The monoisotopic (exact) mass is 411 g/mol. The van der Waals surface area contributed by atoms with Crippen molar-refractivity contribution < 1.29 is 19.1 Å². The number of nitrogens with zero attached hydrogens (tertiary/aromatic N) is 5. The Labute approximate surface area is 175 Å². The third-order valence-electron chi connectivity index (χ3n) is 5.85. The van der Waals surface area contributed by atoms with E-state index in [-0.39, 0.29) is 0 Å². The fraction of sp³-hybridized carbons (Fsp3) is 0.429. The molecule has 9 nitrogen and oxygen atoms in total. The number of allylic oxidation sites excluding steroid dienone is 1. The number of guanidine groups is 1. The van der Waals surface area contributed by atoms with Crippen LogP contribution in [0.4, 0.5) is 4.79 Å². The fourth-order valence-corrected chi connectivity index (χ4v) is 4.16. The van der Waals surface area contributed by atoms with Gasteiger partial charge in [-0.25, -0.2) is 19.5 Å². The number of likely N-dealkylation sites (N-methyl/N-ethyl adjacent to an activating group) is 1. The van der Waals surface area contributed by atoms with E-state index < -0.39 is 36.2 Å². The average Bonchev–Trinajstić information content (AvgIpc) is 3.25. The van der Waals surface area contributed by atoms with Gasteiger partial charge in [-0.3, -0.25) is 4.79 Å². The molecule has 4 rings (SSSR count). The van der Waals surface area contributed by atoms with Crippen molar-refractivity contribution in [2.24, 2.45) is 4.99 Å². The van der Waals surface area contributed by atoms with E-state index in [1.807, 2.05) is 36.2 Å². The van der Waals surface area contributed by atoms with E-state index in [4.69, 9.17) is 9.73 Å².